The molecule has 19 heavy (non-hydrogen) atoms. The van der Waals surface area contributed by atoms with Crippen LogP contribution in [0.15, 0.2) is 24.3 Å². The molecule has 0 aliphatic carbocycles. The van der Waals surface area contributed by atoms with Gasteiger partial charge in [-0.2, -0.15) is 0 Å². The number of aliphatic hydroxyl groups excluding tert-OH is 1. The molecule has 0 fully saturated rings. The van der Waals surface area contributed by atoms with E-state index in [0.29, 0.717) is 10.9 Å². The van der Waals surface area contributed by atoms with E-state index in [1.807, 2.05) is 0 Å². The third-order valence-corrected chi connectivity index (χ3v) is 3.34. The van der Waals surface area contributed by atoms with Gasteiger partial charge in [0.25, 0.3) is 0 Å². The third-order valence-electron chi connectivity index (χ3n) is 3.34. The lowest BCUT2D eigenvalue weighted by Crippen LogP contribution is -2.38. The summed E-state index contributed by atoms with van der Waals surface area (Å²) in [5.74, 6) is -1.68. The van der Waals surface area contributed by atoms with Crippen molar-refractivity contribution in [2.45, 2.75) is 12.2 Å². The van der Waals surface area contributed by atoms with Gasteiger partial charge in [-0.1, -0.05) is 18.2 Å². The first-order valence-corrected chi connectivity index (χ1v) is 5.66. The van der Waals surface area contributed by atoms with E-state index in [1.165, 1.54) is 0 Å². The van der Waals surface area contributed by atoms with Crippen LogP contribution in [0, 0.1) is 0 Å². The van der Waals surface area contributed by atoms with Gasteiger partial charge < -0.3 is 19.9 Å². The van der Waals surface area contributed by atoms with Gasteiger partial charge in [0.1, 0.15) is 6.67 Å². The summed E-state index contributed by atoms with van der Waals surface area (Å²) in [5, 5.41) is 29.0. The highest BCUT2D eigenvalue weighted by Gasteiger charge is 2.43. The summed E-state index contributed by atoms with van der Waals surface area (Å²) in [4.78, 5) is 11.2. The summed E-state index contributed by atoms with van der Waals surface area (Å²) in [6, 6.07) is 6.70. The molecule has 0 saturated heterocycles. The topological polar surface area (TPSA) is 82.7 Å². The van der Waals surface area contributed by atoms with Crippen LogP contribution in [0.3, 0.4) is 0 Å². The van der Waals surface area contributed by atoms with Crippen LogP contribution in [0.5, 0.6) is 0 Å². The lowest BCUT2D eigenvalue weighted by molar-refractivity contribution is -0.161. The molecular weight excluding hydrogens is 253 g/mol. The number of aromatic nitrogens is 1. The second-order valence-corrected chi connectivity index (χ2v) is 4.36. The van der Waals surface area contributed by atoms with Gasteiger partial charge in [-0.05, 0) is 6.07 Å². The van der Waals surface area contributed by atoms with Crippen LogP contribution < -0.4 is 0 Å². The van der Waals surface area contributed by atoms with Gasteiger partial charge in [0.05, 0.1) is 12.3 Å². The van der Waals surface area contributed by atoms with Crippen molar-refractivity contribution in [1.29, 1.82) is 0 Å². The van der Waals surface area contributed by atoms with Crippen molar-refractivity contribution in [3.63, 3.8) is 0 Å². The Morgan fingerprint density at radius 1 is 1.42 bits per heavy atom. The molecule has 1 aromatic heterocycles. The molecule has 0 radical (unpaired) electrons. The minimum atomic E-state index is -2.65. The number of hydrogen-bond donors (Lipinski definition) is 3. The largest absolute Gasteiger partial charge is 0.479 e. The second-order valence-electron chi connectivity index (χ2n) is 4.36. The zero-order valence-electron chi connectivity index (χ0n) is 10.3. The van der Waals surface area contributed by atoms with Gasteiger partial charge in [0, 0.05) is 23.5 Å². The van der Waals surface area contributed by atoms with E-state index in [9.17, 15) is 19.4 Å². The van der Waals surface area contributed by atoms with Gasteiger partial charge in [-0.15, -0.1) is 0 Å². The standard InChI is InChI=1S/C13H14FNO4/c1-15-9-5-3-2-4-8(9)11(10(15)6-16)13(19,7-14)12(17)18/h2-5,16,19H,6-7H2,1H3,(H,17,18). The fourth-order valence-corrected chi connectivity index (χ4v) is 2.32. The molecule has 3 N–H and O–H groups in total. The number of benzene rings is 1. The summed E-state index contributed by atoms with van der Waals surface area (Å²) in [5.41, 5.74) is -1.94. The summed E-state index contributed by atoms with van der Waals surface area (Å²) in [6.07, 6.45) is 0. The molecule has 1 atom stereocenters. The van der Waals surface area contributed by atoms with Crippen LogP contribution in [-0.2, 0) is 24.1 Å². The van der Waals surface area contributed by atoms with E-state index in [4.69, 9.17) is 5.11 Å². The number of hydrogen-bond acceptors (Lipinski definition) is 3. The first kappa shape index (κ1) is 13.5. The fourth-order valence-electron chi connectivity index (χ4n) is 2.32. The van der Waals surface area contributed by atoms with E-state index in [1.54, 1.807) is 35.9 Å². The van der Waals surface area contributed by atoms with E-state index in [-0.39, 0.29) is 11.3 Å². The van der Waals surface area contributed by atoms with Crippen molar-refractivity contribution in [3.8, 4) is 0 Å². The average Bonchev–Trinajstić information content (AvgIpc) is 2.71. The predicted octanol–water partition coefficient (Wildman–Crippen LogP) is 0.912. The van der Waals surface area contributed by atoms with Crippen molar-refractivity contribution in [2.24, 2.45) is 7.05 Å². The minimum Gasteiger partial charge on any atom is -0.479 e. The number of halogens is 1. The fraction of sp³-hybridized carbons (Fsp3) is 0.308. The SMILES string of the molecule is Cn1c(CO)c(C(O)(CF)C(=O)O)c2ccccc21. The Bertz CT molecular complexity index is 637. The minimum absolute atomic E-state index is 0.0944. The Balaban J connectivity index is 2.89. The average molecular weight is 267 g/mol. The Kier molecular flexibility index (Phi) is 3.30. The highest BCUT2D eigenvalue weighted by molar-refractivity contribution is 5.92. The van der Waals surface area contributed by atoms with Crippen LogP contribution in [0.2, 0.25) is 0 Å². The van der Waals surface area contributed by atoms with E-state index in [0.717, 1.165) is 0 Å². The zero-order valence-corrected chi connectivity index (χ0v) is 10.3. The molecule has 6 heteroatoms. The van der Waals surface area contributed by atoms with E-state index in [2.05, 4.69) is 0 Å². The molecular formula is C13H14FNO4. The van der Waals surface area contributed by atoms with Crippen LogP contribution in [0.25, 0.3) is 10.9 Å². The maximum absolute atomic E-state index is 13.1. The number of fused-ring (bicyclic) bond motifs is 1. The number of aliphatic carboxylic acids is 1. The van der Waals surface area contributed by atoms with E-state index < -0.39 is 24.9 Å². The number of nitrogens with zero attached hydrogens (tertiary/aromatic N) is 1. The number of carboxylic acids is 1. The predicted molar refractivity (Wildman–Crippen MR) is 66.3 cm³/mol. The summed E-state index contributed by atoms with van der Waals surface area (Å²) in [6.45, 7) is -1.96. The van der Waals surface area contributed by atoms with Crippen molar-refractivity contribution in [3.05, 3.63) is 35.5 Å². The molecule has 0 saturated carbocycles. The summed E-state index contributed by atoms with van der Waals surface area (Å²) in [7, 11) is 1.62. The molecule has 1 heterocycles. The summed E-state index contributed by atoms with van der Waals surface area (Å²) < 4.78 is 14.7. The first-order valence-electron chi connectivity index (χ1n) is 5.66. The van der Waals surface area contributed by atoms with Crippen LogP contribution >= 0.6 is 0 Å². The zero-order chi connectivity index (χ0) is 14.2. The normalized spacial score (nSPS) is 14.5. The summed E-state index contributed by atoms with van der Waals surface area (Å²) >= 11 is 0. The molecule has 102 valence electrons. The first-order chi connectivity index (χ1) is 8.97. The molecule has 0 bridgehead atoms. The molecule has 0 aliphatic rings. The molecule has 0 amide bonds. The molecule has 1 aromatic carbocycles. The Hall–Kier alpha value is -1.92. The lowest BCUT2D eigenvalue weighted by atomic mass is 9.92. The third kappa shape index (κ3) is 1.80. The molecule has 1 unspecified atom stereocenters. The number of carbonyl (C=O) groups is 1. The molecule has 5 nitrogen and oxygen atoms in total. The number of aryl methyl sites for hydroxylation is 1. The smallest absolute Gasteiger partial charge is 0.343 e. The maximum atomic E-state index is 13.1. The molecule has 2 rings (SSSR count). The van der Waals surface area contributed by atoms with Gasteiger partial charge in [0.15, 0.2) is 0 Å². The number of carboxylic acid groups (broad SMARTS) is 1. The van der Waals surface area contributed by atoms with Crippen molar-refractivity contribution < 1.29 is 24.5 Å². The Morgan fingerprint density at radius 3 is 2.58 bits per heavy atom. The number of para-hydroxylation sites is 1. The van der Waals surface area contributed by atoms with Crippen LogP contribution in [0.1, 0.15) is 11.3 Å². The van der Waals surface area contributed by atoms with E-state index >= 15 is 0 Å². The molecule has 0 aliphatic heterocycles. The Labute approximate surface area is 108 Å². The van der Waals surface area contributed by atoms with Crippen LogP contribution in [0.4, 0.5) is 4.39 Å². The number of rotatable bonds is 4. The van der Waals surface area contributed by atoms with Gasteiger partial charge in [-0.3, -0.25) is 0 Å². The van der Waals surface area contributed by atoms with Crippen molar-refractivity contribution in [2.75, 3.05) is 6.67 Å². The van der Waals surface area contributed by atoms with Crippen LogP contribution in [-0.4, -0.2) is 32.5 Å². The Morgan fingerprint density at radius 2 is 2.05 bits per heavy atom. The van der Waals surface area contributed by atoms with Gasteiger partial charge in [0.2, 0.25) is 5.60 Å². The maximum Gasteiger partial charge on any atom is 0.343 e. The number of alkyl halides is 1. The van der Waals surface area contributed by atoms with Gasteiger partial charge in [-0.25, -0.2) is 9.18 Å². The highest BCUT2D eigenvalue weighted by atomic mass is 19.1. The quantitative estimate of drug-likeness (QED) is 0.769. The van der Waals surface area contributed by atoms with Gasteiger partial charge >= 0.3 is 5.97 Å². The van der Waals surface area contributed by atoms with Crippen molar-refractivity contribution in [1.82, 2.24) is 4.57 Å². The number of aliphatic hydroxyl groups is 2. The van der Waals surface area contributed by atoms with Crippen molar-refractivity contribution >= 4 is 16.9 Å². The second kappa shape index (κ2) is 4.64. The molecule has 0 spiro atoms. The monoisotopic (exact) mass is 267 g/mol. The lowest BCUT2D eigenvalue weighted by Gasteiger charge is -2.21. The highest BCUT2D eigenvalue weighted by Crippen LogP contribution is 2.35. The molecule has 2 aromatic rings.